The first-order valence-corrected chi connectivity index (χ1v) is 10.4. The van der Waals surface area contributed by atoms with Gasteiger partial charge in [0.15, 0.2) is 17.8 Å². The second kappa shape index (κ2) is 8.71. The van der Waals surface area contributed by atoms with Gasteiger partial charge in [-0.1, -0.05) is 48.5 Å². The highest BCUT2D eigenvalue weighted by Gasteiger charge is 2.19. The lowest BCUT2D eigenvalue weighted by Gasteiger charge is -2.26. The topological polar surface area (TPSA) is 67.6 Å². The first kappa shape index (κ1) is 19.5. The van der Waals surface area contributed by atoms with Crippen LogP contribution in [0.5, 0.6) is 0 Å². The number of ether oxygens (including phenoxy) is 1. The minimum absolute atomic E-state index is 0.271. The maximum atomic E-state index is 12.9. The minimum atomic E-state index is -0.294. The molecule has 1 N–H and O–H groups in total. The number of oxazole rings is 1. The lowest BCUT2D eigenvalue weighted by atomic mass is 10.0. The van der Waals surface area contributed by atoms with Crippen LogP contribution >= 0.6 is 0 Å². The van der Waals surface area contributed by atoms with Crippen molar-refractivity contribution in [3.63, 3.8) is 0 Å². The van der Waals surface area contributed by atoms with E-state index >= 15 is 0 Å². The fraction of sp³-hybridized carbons (Fsp3) is 0.200. The van der Waals surface area contributed by atoms with Crippen molar-refractivity contribution in [2.24, 2.45) is 0 Å². The SMILES string of the molecule is O=C(Nc1ccc(CN2CCOCC2)cc1)c1ncoc1-c1ccc2ccccc2c1. The number of carbonyl (C=O) groups is 1. The molecule has 1 fully saturated rings. The normalized spacial score (nSPS) is 14.6. The summed E-state index contributed by atoms with van der Waals surface area (Å²) in [5, 5.41) is 5.14. The number of amides is 1. The van der Waals surface area contributed by atoms with Gasteiger partial charge in [-0.05, 0) is 34.5 Å². The number of anilines is 1. The average molecular weight is 413 g/mol. The van der Waals surface area contributed by atoms with E-state index in [-0.39, 0.29) is 11.6 Å². The molecule has 1 saturated heterocycles. The molecule has 0 spiro atoms. The maximum absolute atomic E-state index is 12.9. The van der Waals surface area contributed by atoms with Crippen molar-refractivity contribution in [2.45, 2.75) is 6.54 Å². The highest BCUT2D eigenvalue weighted by atomic mass is 16.5. The van der Waals surface area contributed by atoms with E-state index in [4.69, 9.17) is 9.15 Å². The van der Waals surface area contributed by atoms with Gasteiger partial charge in [0.2, 0.25) is 0 Å². The monoisotopic (exact) mass is 413 g/mol. The highest BCUT2D eigenvalue weighted by molar-refractivity contribution is 6.06. The molecule has 3 aromatic carbocycles. The number of carbonyl (C=O) groups excluding carboxylic acids is 1. The van der Waals surface area contributed by atoms with Gasteiger partial charge in [0.25, 0.3) is 5.91 Å². The van der Waals surface area contributed by atoms with E-state index in [1.165, 1.54) is 12.0 Å². The third-order valence-corrected chi connectivity index (χ3v) is 5.52. The molecule has 4 aromatic rings. The lowest BCUT2D eigenvalue weighted by Crippen LogP contribution is -2.35. The van der Waals surface area contributed by atoms with Crippen LogP contribution in [-0.4, -0.2) is 42.1 Å². The molecule has 0 unspecified atom stereocenters. The Morgan fingerprint density at radius 2 is 1.74 bits per heavy atom. The number of rotatable bonds is 5. The van der Waals surface area contributed by atoms with Crippen LogP contribution in [-0.2, 0) is 11.3 Å². The molecule has 0 aliphatic carbocycles. The van der Waals surface area contributed by atoms with E-state index in [9.17, 15) is 4.79 Å². The van der Waals surface area contributed by atoms with Gasteiger partial charge in [-0.3, -0.25) is 9.69 Å². The van der Waals surface area contributed by atoms with Crippen molar-refractivity contribution in [3.8, 4) is 11.3 Å². The Labute approximate surface area is 180 Å². The number of morpholine rings is 1. The van der Waals surface area contributed by atoms with Gasteiger partial charge in [0.1, 0.15) is 0 Å². The number of hydrogen-bond acceptors (Lipinski definition) is 5. The van der Waals surface area contributed by atoms with E-state index in [0.29, 0.717) is 5.76 Å². The Balaban J connectivity index is 1.30. The zero-order valence-electron chi connectivity index (χ0n) is 17.1. The molecule has 31 heavy (non-hydrogen) atoms. The number of nitrogens with one attached hydrogen (secondary N) is 1. The van der Waals surface area contributed by atoms with E-state index < -0.39 is 0 Å². The van der Waals surface area contributed by atoms with Crippen LogP contribution in [0.1, 0.15) is 16.1 Å². The van der Waals surface area contributed by atoms with Crippen molar-refractivity contribution in [1.29, 1.82) is 0 Å². The second-order valence-corrected chi connectivity index (χ2v) is 7.63. The number of benzene rings is 3. The van der Waals surface area contributed by atoms with Crippen LogP contribution in [0.3, 0.4) is 0 Å². The van der Waals surface area contributed by atoms with Gasteiger partial charge in [0.05, 0.1) is 13.2 Å². The zero-order chi connectivity index (χ0) is 21.0. The molecule has 1 aliphatic heterocycles. The second-order valence-electron chi connectivity index (χ2n) is 7.63. The summed E-state index contributed by atoms with van der Waals surface area (Å²) in [4.78, 5) is 19.4. The molecule has 0 atom stereocenters. The Morgan fingerprint density at radius 3 is 2.55 bits per heavy atom. The van der Waals surface area contributed by atoms with Gasteiger partial charge in [0, 0.05) is 30.9 Å². The molecule has 1 amide bonds. The van der Waals surface area contributed by atoms with E-state index in [1.54, 1.807) is 0 Å². The molecule has 5 rings (SSSR count). The summed E-state index contributed by atoms with van der Waals surface area (Å²) < 4.78 is 11.0. The largest absolute Gasteiger partial charge is 0.443 e. The van der Waals surface area contributed by atoms with Crippen LogP contribution in [0.25, 0.3) is 22.1 Å². The average Bonchev–Trinajstić information content (AvgIpc) is 3.31. The Kier molecular flexibility index (Phi) is 5.48. The fourth-order valence-electron chi connectivity index (χ4n) is 3.84. The van der Waals surface area contributed by atoms with Crippen molar-refractivity contribution in [1.82, 2.24) is 9.88 Å². The first-order chi connectivity index (χ1) is 15.3. The van der Waals surface area contributed by atoms with E-state index in [2.05, 4.69) is 21.3 Å². The standard InChI is InChI=1S/C25H23N3O3/c29-25(27-22-9-5-18(6-10-22)16-28-11-13-30-14-12-28)23-24(31-17-26-23)21-8-7-19-3-1-2-4-20(19)15-21/h1-10,15,17H,11-14,16H2,(H,27,29). The molecule has 2 heterocycles. The third kappa shape index (κ3) is 4.35. The van der Waals surface area contributed by atoms with Gasteiger partial charge in [-0.2, -0.15) is 0 Å². The number of nitrogens with zero attached hydrogens (tertiary/aromatic N) is 2. The predicted molar refractivity (Wildman–Crippen MR) is 120 cm³/mol. The van der Waals surface area contributed by atoms with Gasteiger partial charge in [-0.15, -0.1) is 0 Å². The van der Waals surface area contributed by atoms with Gasteiger partial charge < -0.3 is 14.5 Å². The molecule has 0 saturated carbocycles. The summed E-state index contributed by atoms with van der Waals surface area (Å²) in [6.45, 7) is 4.34. The molecule has 6 nitrogen and oxygen atoms in total. The van der Waals surface area contributed by atoms with Crippen LogP contribution < -0.4 is 5.32 Å². The van der Waals surface area contributed by atoms with Crippen LogP contribution in [0.2, 0.25) is 0 Å². The molecule has 1 aliphatic rings. The lowest BCUT2D eigenvalue weighted by molar-refractivity contribution is 0.0342. The van der Waals surface area contributed by atoms with Crippen LogP contribution in [0, 0.1) is 0 Å². The number of fused-ring (bicyclic) bond motifs is 1. The molecule has 156 valence electrons. The molecule has 0 radical (unpaired) electrons. The van der Waals surface area contributed by atoms with Crippen LogP contribution in [0.4, 0.5) is 5.69 Å². The molecule has 0 bridgehead atoms. The van der Waals surface area contributed by atoms with E-state index in [0.717, 1.165) is 54.9 Å². The summed E-state index contributed by atoms with van der Waals surface area (Å²) in [6.07, 6.45) is 1.31. The van der Waals surface area contributed by atoms with Crippen molar-refractivity contribution in [2.75, 3.05) is 31.6 Å². The smallest absolute Gasteiger partial charge is 0.278 e. The molecular formula is C25H23N3O3. The summed E-state index contributed by atoms with van der Waals surface area (Å²) in [5.41, 5.74) is 3.02. The Morgan fingerprint density at radius 1 is 0.968 bits per heavy atom. The zero-order valence-corrected chi connectivity index (χ0v) is 17.1. The van der Waals surface area contributed by atoms with Crippen molar-refractivity contribution < 1.29 is 13.9 Å². The van der Waals surface area contributed by atoms with Gasteiger partial charge in [-0.25, -0.2) is 4.98 Å². The number of aromatic nitrogens is 1. The third-order valence-electron chi connectivity index (χ3n) is 5.52. The Hall–Kier alpha value is -3.48. The molecule has 6 heteroatoms. The summed E-state index contributed by atoms with van der Waals surface area (Å²) in [7, 11) is 0. The van der Waals surface area contributed by atoms with Crippen LogP contribution in [0.15, 0.2) is 77.5 Å². The maximum Gasteiger partial charge on any atom is 0.278 e. The first-order valence-electron chi connectivity index (χ1n) is 10.4. The molecular weight excluding hydrogens is 390 g/mol. The quantitative estimate of drug-likeness (QED) is 0.519. The van der Waals surface area contributed by atoms with E-state index in [1.807, 2.05) is 60.7 Å². The Bertz CT molecular complexity index is 1190. The van der Waals surface area contributed by atoms with Gasteiger partial charge >= 0.3 is 0 Å². The fourth-order valence-corrected chi connectivity index (χ4v) is 3.84. The predicted octanol–water partition coefficient (Wildman–Crippen LogP) is 4.58. The highest BCUT2D eigenvalue weighted by Crippen LogP contribution is 2.27. The number of hydrogen-bond donors (Lipinski definition) is 1. The van der Waals surface area contributed by atoms with Crippen molar-refractivity contribution >= 4 is 22.4 Å². The summed E-state index contributed by atoms with van der Waals surface area (Å²) in [5.74, 6) is 0.171. The van der Waals surface area contributed by atoms with Crippen molar-refractivity contribution in [3.05, 3.63) is 84.4 Å². The minimum Gasteiger partial charge on any atom is -0.443 e. The molecule has 1 aromatic heterocycles. The summed E-state index contributed by atoms with van der Waals surface area (Å²) >= 11 is 0. The summed E-state index contributed by atoms with van der Waals surface area (Å²) in [6, 6.07) is 22.0.